The molecule has 1 aromatic carbocycles. The molecule has 1 N–H and O–H groups in total. The number of alkyl halides is 3. The van der Waals surface area contributed by atoms with Gasteiger partial charge in [0.2, 0.25) is 0 Å². The summed E-state index contributed by atoms with van der Waals surface area (Å²) in [6.07, 6.45) is -3.28. The van der Waals surface area contributed by atoms with Crippen molar-refractivity contribution in [2.45, 2.75) is 13.1 Å². The lowest BCUT2D eigenvalue weighted by molar-refractivity contribution is -0.141. The lowest BCUT2D eigenvalue weighted by Gasteiger charge is -2.14. The molecule has 0 saturated heterocycles. The van der Waals surface area contributed by atoms with E-state index in [0.717, 1.165) is 5.69 Å². The summed E-state index contributed by atoms with van der Waals surface area (Å²) in [4.78, 5) is 18.1. The number of aryl methyl sites for hydroxylation is 1. The molecule has 0 unspecified atom stereocenters. The van der Waals surface area contributed by atoms with Gasteiger partial charge in [-0.25, -0.2) is 4.98 Å². The standard InChI is InChI=1S/C18H17F3N4O/c1-11-7-8-14-23-16(18(19,20)21)15(25(14)10-11)17(26)22-12-5-4-6-13(9-12)24(2)3/h4-10H,1-3H3,(H,22,26). The number of pyridine rings is 1. The van der Waals surface area contributed by atoms with E-state index < -0.39 is 23.5 Å². The molecule has 0 fully saturated rings. The Morgan fingerprint density at radius 1 is 1.19 bits per heavy atom. The molecule has 3 aromatic rings. The van der Waals surface area contributed by atoms with E-state index in [2.05, 4.69) is 10.3 Å². The maximum atomic E-state index is 13.4. The second-order valence-corrected chi connectivity index (χ2v) is 6.14. The first-order chi connectivity index (χ1) is 12.2. The molecule has 0 atom stereocenters. The van der Waals surface area contributed by atoms with Crippen LogP contribution in [-0.2, 0) is 6.18 Å². The molecular formula is C18H17F3N4O. The van der Waals surface area contributed by atoms with Crippen molar-refractivity contribution in [2.75, 3.05) is 24.3 Å². The number of aromatic nitrogens is 2. The number of carbonyl (C=O) groups excluding carboxylic acids is 1. The molecule has 0 aliphatic carbocycles. The van der Waals surface area contributed by atoms with Gasteiger partial charge in [0.25, 0.3) is 5.91 Å². The highest BCUT2D eigenvalue weighted by molar-refractivity contribution is 6.04. The van der Waals surface area contributed by atoms with E-state index >= 15 is 0 Å². The number of imidazole rings is 1. The third-order valence-electron chi connectivity index (χ3n) is 3.87. The van der Waals surface area contributed by atoms with Crippen molar-refractivity contribution in [3.63, 3.8) is 0 Å². The molecule has 26 heavy (non-hydrogen) atoms. The highest BCUT2D eigenvalue weighted by Crippen LogP contribution is 2.32. The molecule has 1 amide bonds. The Hall–Kier alpha value is -3.03. The molecular weight excluding hydrogens is 345 g/mol. The van der Waals surface area contributed by atoms with Gasteiger partial charge in [-0.1, -0.05) is 12.1 Å². The third kappa shape index (κ3) is 3.35. The Kier molecular flexibility index (Phi) is 4.35. The van der Waals surface area contributed by atoms with Crippen LogP contribution >= 0.6 is 0 Å². The van der Waals surface area contributed by atoms with E-state index in [1.54, 1.807) is 31.2 Å². The maximum Gasteiger partial charge on any atom is 0.435 e. The fourth-order valence-electron chi connectivity index (χ4n) is 2.62. The molecule has 0 bridgehead atoms. The van der Waals surface area contributed by atoms with Crippen molar-refractivity contribution < 1.29 is 18.0 Å². The fourth-order valence-corrected chi connectivity index (χ4v) is 2.62. The average Bonchev–Trinajstić information content (AvgIpc) is 2.94. The molecule has 8 heteroatoms. The number of amides is 1. The Labute approximate surface area is 148 Å². The molecule has 136 valence electrons. The van der Waals surface area contributed by atoms with Crippen LogP contribution < -0.4 is 10.2 Å². The number of rotatable bonds is 3. The second kappa shape index (κ2) is 6.36. The number of hydrogen-bond acceptors (Lipinski definition) is 3. The molecule has 0 radical (unpaired) electrons. The van der Waals surface area contributed by atoms with Crippen LogP contribution in [0.1, 0.15) is 21.7 Å². The molecule has 0 spiro atoms. The van der Waals surface area contributed by atoms with Crippen LogP contribution in [0.5, 0.6) is 0 Å². The van der Waals surface area contributed by atoms with Crippen molar-refractivity contribution in [3.8, 4) is 0 Å². The van der Waals surface area contributed by atoms with Crippen LogP contribution in [-0.4, -0.2) is 29.4 Å². The number of nitrogens with zero attached hydrogens (tertiary/aromatic N) is 3. The Morgan fingerprint density at radius 3 is 2.58 bits per heavy atom. The lowest BCUT2D eigenvalue weighted by atomic mass is 10.2. The number of benzene rings is 1. The third-order valence-corrected chi connectivity index (χ3v) is 3.87. The van der Waals surface area contributed by atoms with Gasteiger partial charge in [-0.2, -0.15) is 13.2 Å². The number of anilines is 2. The second-order valence-electron chi connectivity index (χ2n) is 6.14. The van der Waals surface area contributed by atoms with Gasteiger partial charge in [-0.05, 0) is 36.8 Å². The smallest absolute Gasteiger partial charge is 0.378 e. The van der Waals surface area contributed by atoms with Crippen LogP contribution in [0.2, 0.25) is 0 Å². The fraction of sp³-hybridized carbons (Fsp3) is 0.222. The molecule has 0 saturated carbocycles. The Balaban J connectivity index is 2.07. The predicted octanol–water partition coefficient (Wildman–Crippen LogP) is 3.98. The van der Waals surface area contributed by atoms with Gasteiger partial charge in [0.15, 0.2) is 5.69 Å². The number of hydrogen-bond donors (Lipinski definition) is 1. The first kappa shape index (κ1) is 17.8. The van der Waals surface area contributed by atoms with E-state index in [9.17, 15) is 18.0 Å². The summed E-state index contributed by atoms with van der Waals surface area (Å²) in [6, 6.07) is 9.94. The summed E-state index contributed by atoms with van der Waals surface area (Å²) in [7, 11) is 3.66. The Bertz CT molecular complexity index is 976. The molecule has 0 aliphatic heterocycles. The van der Waals surface area contributed by atoms with Crippen LogP contribution in [0.3, 0.4) is 0 Å². The lowest BCUT2D eigenvalue weighted by Crippen LogP contribution is -2.20. The largest absolute Gasteiger partial charge is 0.435 e. The highest BCUT2D eigenvalue weighted by Gasteiger charge is 2.40. The van der Waals surface area contributed by atoms with Crippen molar-refractivity contribution in [1.82, 2.24) is 9.38 Å². The minimum Gasteiger partial charge on any atom is -0.378 e. The van der Waals surface area contributed by atoms with Gasteiger partial charge in [-0.15, -0.1) is 0 Å². The summed E-state index contributed by atoms with van der Waals surface area (Å²) < 4.78 is 41.4. The quantitative estimate of drug-likeness (QED) is 0.767. The van der Waals surface area contributed by atoms with Gasteiger partial charge >= 0.3 is 6.18 Å². The van der Waals surface area contributed by atoms with E-state index in [1.165, 1.54) is 16.7 Å². The minimum absolute atomic E-state index is 0.0649. The number of nitrogens with one attached hydrogen (secondary N) is 1. The van der Waals surface area contributed by atoms with Crippen molar-refractivity contribution >= 4 is 22.9 Å². The van der Waals surface area contributed by atoms with Crippen LogP contribution in [0.25, 0.3) is 5.65 Å². The first-order valence-corrected chi connectivity index (χ1v) is 7.81. The van der Waals surface area contributed by atoms with Gasteiger partial charge in [-0.3, -0.25) is 9.20 Å². The first-order valence-electron chi connectivity index (χ1n) is 7.81. The van der Waals surface area contributed by atoms with Crippen LogP contribution in [0.4, 0.5) is 24.5 Å². The monoisotopic (exact) mass is 362 g/mol. The summed E-state index contributed by atoms with van der Waals surface area (Å²) in [5, 5.41) is 2.54. The summed E-state index contributed by atoms with van der Waals surface area (Å²) in [6.45, 7) is 1.73. The van der Waals surface area contributed by atoms with E-state index in [4.69, 9.17) is 0 Å². The zero-order chi connectivity index (χ0) is 19.1. The summed E-state index contributed by atoms with van der Waals surface area (Å²) >= 11 is 0. The van der Waals surface area contributed by atoms with E-state index in [-0.39, 0.29) is 5.65 Å². The van der Waals surface area contributed by atoms with Crippen molar-refractivity contribution in [3.05, 3.63) is 59.5 Å². The average molecular weight is 362 g/mol. The summed E-state index contributed by atoms with van der Waals surface area (Å²) in [5.41, 5.74) is 0.253. The topological polar surface area (TPSA) is 49.6 Å². The van der Waals surface area contributed by atoms with Crippen molar-refractivity contribution in [2.24, 2.45) is 0 Å². The van der Waals surface area contributed by atoms with Crippen LogP contribution in [0.15, 0.2) is 42.6 Å². The van der Waals surface area contributed by atoms with Crippen molar-refractivity contribution in [1.29, 1.82) is 0 Å². The van der Waals surface area contributed by atoms with Crippen LogP contribution in [0, 0.1) is 6.92 Å². The minimum atomic E-state index is -4.74. The predicted molar refractivity (Wildman–Crippen MR) is 93.7 cm³/mol. The molecule has 2 heterocycles. The number of fused-ring (bicyclic) bond motifs is 1. The zero-order valence-electron chi connectivity index (χ0n) is 14.4. The highest BCUT2D eigenvalue weighted by atomic mass is 19.4. The molecule has 2 aromatic heterocycles. The maximum absolute atomic E-state index is 13.4. The van der Waals surface area contributed by atoms with E-state index in [0.29, 0.717) is 11.3 Å². The molecule has 5 nitrogen and oxygen atoms in total. The number of halogens is 3. The molecule has 0 aliphatic rings. The molecule has 3 rings (SSSR count). The SMILES string of the molecule is Cc1ccc2nc(C(F)(F)F)c(C(=O)Nc3cccc(N(C)C)c3)n2c1. The van der Waals surface area contributed by atoms with Gasteiger partial charge in [0, 0.05) is 31.7 Å². The zero-order valence-corrected chi connectivity index (χ0v) is 14.4. The number of carbonyl (C=O) groups is 1. The van der Waals surface area contributed by atoms with E-state index in [1.807, 2.05) is 25.1 Å². The van der Waals surface area contributed by atoms with Gasteiger partial charge in [0.1, 0.15) is 11.3 Å². The van der Waals surface area contributed by atoms with Gasteiger partial charge in [0.05, 0.1) is 0 Å². The Morgan fingerprint density at radius 2 is 1.92 bits per heavy atom. The van der Waals surface area contributed by atoms with Gasteiger partial charge < -0.3 is 10.2 Å². The normalized spacial score (nSPS) is 11.6. The summed E-state index contributed by atoms with van der Waals surface area (Å²) in [5.74, 6) is -0.869.